The molecule has 3 rings (SSSR count). The first-order chi connectivity index (χ1) is 13.4. The van der Waals surface area contributed by atoms with Gasteiger partial charge in [0.15, 0.2) is 0 Å². The van der Waals surface area contributed by atoms with Crippen LogP contribution in [0.1, 0.15) is 48.0 Å². The van der Waals surface area contributed by atoms with E-state index < -0.39 is 6.04 Å². The molecule has 1 aromatic carbocycles. The molecule has 2 heterocycles. The highest BCUT2D eigenvalue weighted by molar-refractivity contribution is 7.09. The fraction of sp³-hybridized carbons (Fsp3) is 0.450. The summed E-state index contributed by atoms with van der Waals surface area (Å²) in [6, 6.07) is 4.08. The van der Waals surface area contributed by atoms with E-state index in [9.17, 15) is 9.59 Å². The number of carbonyl (C=O) groups is 2. The number of carbonyl (C=O) groups excluding carboxylic acids is 2. The van der Waals surface area contributed by atoms with Crippen LogP contribution < -0.4 is 5.32 Å². The second kappa shape index (κ2) is 9.25. The van der Waals surface area contributed by atoms with Gasteiger partial charge in [-0.3, -0.25) is 9.59 Å². The molecule has 5 nitrogen and oxygen atoms in total. The third-order valence-corrected chi connectivity index (χ3v) is 6.41. The quantitative estimate of drug-likeness (QED) is 0.739. The van der Waals surface area contributed by atoms with Crippen molar-refractivity contribution in [1.29, 1.82) is 0 Å². The normalized spacial score (nSPS) is 18.2. The van der Waals surface area contributed by atoms with Gasteiger partial charge in [0, 0.05) is 35.6 Å². The van der Waals surface area contributed by atoms with Crippen molar-refractivity contribution < 1.29 is 9.59 Å². The van der Waals surface area contributed by atoms with E-state index in [4.69, 9.17) is 23.2 Å². The minimum atomic E-state index is -0.616. The predicted molar refractivity (Wildman–Crippen MR) is 113 cm³/mol. The van der Waals surface area contributed by atoms with Gasteiger partial charge < -0.3 is 10.2 Å². The van der Waals surface area contributed by atoms with Gasteiger partial charge in [0.1, 0.15) is 6.04 Å². The fourth-order valence-electron chi connectivity index (χ4n) is 3.42. The zero-order valence-electron chi connectivity index (χ0n) is 15.8. The highest BCUT2D eigenvalue weighted by Crippen LogP contribution is 2.29. The van der Waals surface area contributed by atoms with Gasteiger partial charge in [-0.15, -0.1) is 11.3 Å². The van der Waals surface area contributed by atoms with Gasteiger partial charge >= 0.3 is 0 Å². The van der Waals surface area contributed by atoms with Crippen LogP contribution in [0, 0.1) is 5.92 Å². The number of thiazole rings is 1. The summed E-state index contributed by atoms with van der Waals surface area (Å²) in [4.78, 5) is 32.2. The van der Waals surface area contributed by atoms with Gasteiger partial charge in [0.2, 0.25) is 5.91 Å². The molecule has 2 atom stereocenters. The second-order valence-electron chi connectivity index (χ2n) is 7.31. The topological polar surface area (TPSA) is 62.3 Å². The summed E-state index contributed by atoms with van der Waals surface area (Å²) in [5.74, 6) is -0.230. The van der Waals surface area contributed by atoms with E-state index in [2.05, 4.69) is 10.3 Å². The Balaban J connectivity index is 1.72. The van der Waals surface area contributed by atoms with Crippen molar-refractivity contribution >= 4 is 46.4 Å². The molecule has 1 aliphatic heterocycles. The Hall–Kier alpha value is -1.63. The van der Waals surface area contributed by atoms with Crippen LogP contribution in [0.25, 0.3) is 0 Å². The molecule has 8 heteroatoms. The summed E-state index contributed by atoms with van der Waals surface area (Å²) in [7, 11) is 0. The smallest absolute Gasteiger partial charge is 0.253 e. The van der Waals surface area contributed by atoms with Crippen LogP contribution in [0.4, 0.5) is 0 Å². The summed E-state index contributed by atoms with van der Waals surface area (Å²) in [5.41, 5.74) is 0.309. The molecule has 1 aromatic heterocycles. The molecule has 0 radical (unpaired) electrons. The summed E-state index contributed by atoms with van der Waals surface area (Å²) in [6.45, 7) is 5.18. The van der Waals surface area contributed by atoms with Crippen molar-refractivity contribution in [2.24, 2.45) is 5.92 Å². The minimum absolute atomic E-state index is 0.0530. The monoisotopic (exact) mass is 439 g/mol. The molecule has 1 saturated heterocycles. The lowest BCUT2D eigenvalue weighted by Gasteiger charge is -2.35. The highest BCUT2D eigenvalue weighted by atomic mass is 35.5. The number of halogens is 2. The Morgan fingerprint density at radius 2 is 2.11 bits per heavy atom. The summed E-state index contributed by atoms with van der Waals surface area (Å²) >= 11 is 13.7. The van der Waals surface area contributed by atoms with Crippen LogP contribution in [0.2, 0.25) is 10.0 Å². The molecular weight excluding hydrogens is 417 g/mol. The van der Waals surface area contributed by atoms with E-state index in [-0.39, 0.29) is 28.7 Å². The summed E-state index contributed by atoms with van der Waals surface area (Å²) < 4.78 is 0. The van der Waals surface area contributed by atoms with Crippen LogP contribution in [-0.2, 0) is 4.79 Å². The van der Waals surface area contributed by atoms with E-state index in [1.807, 2.05) is 24.1 Å². The van der Waals surface area contributed by atoms with Crippen molar-refractivity contribution in [2.45, 2.75) is 38.6 Å². The first-order valence-electron chi connectivity index (χ1n) is 9.31. The van der Waals surface area contributed by atoms with Crippen molar-refractivity contribution in [3.8, 4) is 0 Å². The van der Waals surface area contributed by atoms with Crippen LogP contribution >= 0.6 is 34.5 Å². The molecule has 0 spiro atoms. The first-order valence-corrected chi connectivity index (χ1v) is 10.9. The number of likely N-dealkylation sites (tertiary alicyclic amines) is 1. The molecule has 1 fully saturated rings. The maximum atomic E-state index is 13.2. The van der Waals surface area contributed by atoms with Gasteiger partial charge in [-0.25, -0.2) is 4.98 Å². The van der Waals surface area contributed by atoms with Gasteiger partial charge in [-0.2, -0.15) is 0 Å². The van der Waals surface area contributed by atoms with Crippen LogP contribution in [0.5, 0.6) is 0 Å². The lowest BCUT2D eigenvalue weighted by Crippen LogP contribution is -2.53. The van der Waals surface area contributed by atoms with E-state index in [0.29, 0.717) is 23.7 Å². The molecule has 2 amide bonds. The first kappa shape index (κ1) is 21.1. The lowest BCUT2D eigenvalue weighted by atomic mass is 9.96. The van der Waals surface area contributed by atoms with Crippen LogP contribution in [-0.4, -0.2) is 40.8 Å². The van der Waals surface area contributed by atoms with Gasteiger partial charge in [-0.1, -0.05) is 37.0 Å². The van der Waals surface area contributed by atoms with E-state index in [0.717, 1.165) is 17.8 Å². The number of nitrogens with zero attached hydrogens (tertiary/aromatic N) is 2. The van der Waals surface area contributed by atoms with Gasteiger partial charge in [0.25, 0.3) is 5.91 Å². The number of hydrogen-bond acceptors (Lipinski definition) is 4. The van der Waals surface area contributed by atoms with Crippen molar-refractivity contribution in [3.63, 3.8) is 0 Å². The highest BCUT2D eigenvalue weighted by Gasteiger charge is 2.33. The standard InChI is InChI=1S/C20H23Cl2N3O2S/c1-12(2)17(24-18(26)15-6-5-14(21)10-16(15)22)20(27)25-8-3-4-13(11-25)19-23-7-9-28-19/h5-7,9-10,12-13,17H,3-4,8,11H2,1-2H3,(H,24,26). The average molecular weight is 440 g/mol. The Bertz CT molecular complexity index is 842. The third-order valence-electron chi connectivity index (χ3n) is 4.93. The van der Waals surface area contributed by atoms with E-state index in [1.54, 1.807) is 29.7 Å². The Labute approximate surface area is 179 Å². The molecule has 1 aliphatic rings. The maximum Gasteiger partial charge on any atom is 0.253 e. The molecule has 150 valence electrons. The lowest BCUT2D eigenvalue weighted by molar-refractivity contribution is -0.135. The summed E-state index contributed by atoms with van der Waals surface area (Å²) in [6.07, 6.45) is 3.75. The minimum Gasteiger partial charge on any atom is -0.340 e. The molecule has 2 aromatic rings. The SMILES string of the molecule is CC(C)C(NC(=O)c1ccc(Cl)cc1Cl)C(=O)N1CCCC(c2nccs2)C1. The third kappa shape index (κ3) is 4.85. The number of piperidine rings is 1. The Morgan fingerprint density at radius 3 is 2.75 bits per heavy atom. The fourth-order valence-corrected chi connectivity index (χ4v) is 4.68. The zero-order valence-corrected chi connectivity index (χ0v) is 18.2. The van der Waals surface area contributed by atoms with Crippen LogP contribution in [0.3, 0.4) is 0 Å². The Kier molecular flexibility index (Phi) is 6.96. The number of aromatic nitrogens is 1. The number of nitrogens with one attached hydrogen (secondary N) is 1. The van der Waals surface area contributed by atoms with Crippen molar-refractivity contribution in [3.05, 3.63) is 50.4 Å². The van der Waals surface area contributed by atoms with Crippen molar-refractivity contribution in [2.75, 3.05) is 13.1 Å². The average Bonchev–Trinajstić information content (AvgIpc) is 3.20. The second-order valence-corrected chi connectivity index (χ2v) is 9.08. The number of hydrogen-bond donors (Lipinski definition) is 1. The molecule has 0 aliphatic carbocycles. The molecule has 0 saturated carbocycles. The van der Waals surface area contributed by atoms with Gasteiger partial charge in [0.05, 0.1) is 15.6 Å². The maximum absolute atomic E-state index is 13.2. The van der Waals surface area contributed by atoms with Crippen molar-refractivity contribution in [1.82, 2.24) is 15.2 Å². The molecular formula is C20H23Cl2N3O2S. The van der Waals surface area contributed by atoms with E-state index >= 15 is 0 Å². The molecule has 28 heavy (non-hydrogen) atoms. The Morgan fingerprint density at radius 1 is 1.32 bits per heavy atom. The van der Waals surface area contributed by atoms with Crippen LogP contribution in [0.15, 0.2) is 29.8 Å². The van der Waals surface area contributed by atoms with Gasteiger partial charge in [-0.05, 0) is 37.0 Å². The predicted octanol–water partition coefficient (Wildman–Crippen LogP) is 4.61. The molecule has 2 unspecified atom stereocenters. The number of rotatable bonds is 5. The molecule has 1 N–H and O–H groups in total. The molecule has 0 bridgehead atoms. The summed E-state index contributed by atoms with van der Waals surface area (Å²) in [5, 5.41) is 6.62. The zero-order chi connectivity index (χ0) is 20.3. The largest absolute Gasteiger partial charge is 0.340 e. The van der Waals surface area contributed by atoms with E-state index in [1.165, 1.54) is 6.07 Å². The number of benzene rings is 1. The number of amides is 2.